The van der Waals surface area contributed by atoms with E-state index in [0.29, 0.717) is 40.6 Å². The summed E-state index contributed by atoms with van der Waals surface area (Å²) in [5.74, 6) is 1.79. The highest BCUT2D eigenvalue weighted by Crippen LogP contribution is 2.29. The van der Waals surface area contributed by atoms with Gasteiger partial charge in [0.05, 0.1) is 37.2 Å². The number of nitriles is 1. The van der Waals surface area contributed by atoms with Gasteiger partial charge in [-0.1, -0.05) is 55.8 Å². The van der Waals surface area contributed by atoms with Gasteiger partial charge in [0.15, 0.2) is 11.5 Å². The van der Waals surface area contributed by atoms with Crippen molar-refractivity contribution in [3.05, 3.63) is 105 Å². The monoisotopic (exact) mass is 493 g/mol. The largest absolute Gasteiger partial charge is 0.493 e. The summed E-state index contributed by atoms with van der Waals surface area (Å²) >= 11 is 0. The molecule has 0 atom stereocenters. The van der Waals surface area contributed by atoms with E-state index in [1.165, 1.54) is 0 Å². The van der Waals surface area contributed by atoms with Crippen LogP contribution in [-0.2, 0) is 12.8 Å². The molecule has 0 radical (unpaired) electrons. The molecule has 0 unspecified atom stereocenters. The van der Waals surface area contributed by atoms with Crippen molar-refractivity contribution < 1.29 is 9.47 Å². The van der Waals surface area contributed by atoms with Crippen molar-refractivity contribution in [1.29, 1.82) is 5.26 Å². The lowest BCUT2D eigenvalue weighted by molar-refractivity contribution is 0.355. The number of hydrogen-bond donors (Lipinski definition) is 0. The zero-order valence-electron chi connectivity index (χ0n) is 21.7. The Kier molecular flexibility index (Phi) is 8.05. The number of nitrogens with zero attached hydrogens (tertiary/aromatic N) is 3. The van der Waals surface area contributed by atoms with Crippen LogP contribution in [0, 0.1) is 18.3 Å². The number of rotatable bonds is 9. The first-order valence-corrected chi connectivity index (χ1v) is 12.4. The van der Waals surface area contributed by atoms with Gasteiger partial charge in [-0.3, -0.25) is 9.36 Å². The second-order valence-corrected chi connectivity index (χ2v) is 8.90. The standard InChI is InChI=1S/C31H31N3O3/c1-5-6-11-28-27(18-22-12-14-23(15-13-22)26-10-8-7-9-24(26)20-32)31(35)34(21(2)33-28)25-16-17-29(36-3)30(19-25)37-4/h7-10,12-17,19H,5-6,11,18H2,1-4H3. The van der Waals surface area contributed by atoms with Crippen molar-refractivity contribution in [2.45, 2.75) is 39.5 Å². The van der Waals surface area contributed by atoms with E-state index in [9.17, 15) is 10.1 Å². The number of unbranched alkanes of at least 4 members (excludes halogenated alkanes) is 1. The molecule has 0 saturated carbocycles. The van der Waals surface area contributed by atoms with Crippen LogP contribution >= 0.6 is 0 Å². The summed E-state index contributed by atoms with van der Waals surface area (Å²) in [5, 5.41) is 9.46. The fraction of sp³-hybridized carbons (Fsp3) is 0.258. The van der Waals surface area contributed by atoms with Crippen LogP contribution < -0.4 is 15.0 Å². The van der Waals surface area contributed by atoms with E-state index in [2.05, 4.69) is 13.0 Å². The zero-order chi connectivity index (χ0) is 26.4. The molecular weight excluding hydrogens is 462 g/mol. The Bertz CT molecular complexity index is 1500. The molecule has 6 nitrogen and oxygen atoms in total. The van der Waals surface area contributed by atoms with E-state index < -0.39 is 0 Å². The van der Waals surface area contributed by atoms with Crippen LogP contribution in [0.3, 0.4) is 0 Å². The molecule has 1 heterocycles. The topological polar surface area (TPSA) is 77.1 Å². The molecule has 188 valence electrons. The van der Waals surface area contributed by atoms with Crippen LogP contribution in [-0.4, -0.2) is 23.8 Å². The SMILES string of the molecule is CCCCc1nc(C)n(-c2ccc(OC)c(OC)c2)c(=O)c1Cc1ccc(-c2ccccc2C#N)cc1. The summed E-state index contributed by atoms with van der Waals surface area (Å²) in [5.41, 5.74) is 5.66. The van der Waals surface area contributed by atoms with Gasteiger partial charge < -0.3 is 9.47 Å². The third-order valence-corrected chi connectivity index (χ3v) is 6.52. The molecule has 0 aliphatic rings. The number of hydrogen-bond acceptors (Lipinski definition) is 5. The van der Waals surface area contributed by atoms with Gasteiger partial charge in [0.25, 0.3) is 5.56 Å². The molecule has 3 aromatic carbocycles. The minimum atomic E-state index is -0.0790. The average Bonchev–Trinajstić information content (AvgIpc) is 2.93. The maximum absolute atomic E-state index is 13.9. The zero-order valence-corrected chi connectivity index (χ0v) is 21.7. The first kappa shape index (κ1) is 25.7. The predicted molar refractivity (Wildman–Crippen MR) is 146 cm³/mol. The normalized spacial score (nSPS) is 10.7. The molecule has 0 bridgehead atoms. The minimum Gasteiger partial charge on any atom is -0.493 e. The van der Waals surface area contributed by atoms with Gasteiger partial charge >= 0.3 is 0 Å². The van der Waals surface area contributed by atoms with Gasteiger partial charge in [-0.25, -0.2) is 4.98 Å². The van der Waals surface area contributed by atoms with Gasteiger partial charge in [0.1, 0.15) is 5.82 Å². The molecule has 0 fully saturated rings. The van der Waals surface area contributed by atoms with Crippen molar-refractivity contribution in [3.8, 4) is 34.4 Å². The number of benzene rings is 3. The molecule has 0 aliphatic carbocycles. The maximum Gasteiger partial charge on any atom is 0.261 e. The molecule has 0 aliphatic heterocycles. The molecule has 0 N–H and O–H groups in total. The number of methoxy groups -OCH3 is 2. The van der Waals surface area contributed by atoms with Crippen LogP contribution in [0.5, 0.6) is 11.5 Å². The van der Waals surface area contributed by atoms with Gasteiger partial charge in [0.2, 0.25) is 0 Å². The number of ether oxygens (including phenoxy) is 2. The molecule has 0 spiro atoms. The molecule has 4 rings (SSSR count). The third-order valence-electron chi connectivity index (χ3n) is 6.52. The third kappa shape index (κ3) is 5.41. The molecule has 37 heavy (non-hydrogen) atoms. The van der Waals surface area contributed by atoms with E-state index >= 15 is 0 Å². The van der Waals surface area contributed by atoms with Gasteiger partial charge in [-0.2, -0.15) is 5.26 Å². The Morgan fingerprint density at radius 1 is 0.973 bits per heavy atom. The van der Waals surface area contributed by atoms with Crippen LogP contribution in [0.25, 0.3) is 16.8 Å². The lowest BCUT2D eigenvalue weighted by atomic mass is 9.96. The second kappa shape index (κ2) is 11.6. The maximum atomic E-state index is 13.9. The van der Waals surface area contributed by atoms with Crippen molar-refractivity contribution >= 4 is 0 Å². The Hall–Kier alpha value is -4.37. The van der Waals surface area contributed by atoms with E-state index in [-0.39, 0.29) is 5.56 Å². The van der Waals surface area contributed by atoms with E-state index in [4.69, 9.17) is 14.5 Å². The van der Waals surface area contributed by atoms with Gasteiger partial charge in [-0.05, 0) is 54.7 Å². The lowest BCUT2D eigenvalue weighted by Gasteiger charge is -2.17. The fourth-order valence-corrected chi connectivity index (χ4v) is 4.55. The van der Waals surface area contributed by atoms with Gasteiger partial charge in [-0.15, -0.1) is 0 Å². The highest BCUT2D eigenvalue weighted by molar-refractivity contribution is 5.70. The first-order valence-electron chi connectivity index (χ1n) is 12.4. The molecule has 0 amide bonds. The first-order chi connectivity index (χ1) is 18.0. The van der Waals surface area contributed by atoms with Crippen molar-refractivity contribution in [2.75, 3.05) is 14.2 Å². The van der Waals surface area contributed by atoms with Gasteiger partial charge in [0, 0.05) is 18.1 Å². The minimum absolute atomic E-state index is 0.0790. The Balaban J connectivity index is 1.76. The number of aromatic nitrogens is 2. The summed E-state index contributed by atoms with van der Waals surface area (Å²) in [6.07, 6.45) is 3.20. The summed E-state index contributed by atoms with van der Waals surface area (Å²) in [6, 6.07) is 23.3. The predicted octanol–water partition coefficient (Wildman–Crippen LogP) is 6.03. The van der Waals surface area contributed by atoms with Crippen LogP contribution in [0.2, 0.25) is 0 Å². The quantitative estimate of drug-likeness (QED) is 0.284. The van der Waals surface area contributed by atoms with E-state index in [1.807, 2.05) is 61.5 Å². The molecule has 4 aromatic rings. The smallest absolute Gasteiger partial charge is 0.261 e. The Morgan fingerprint density at radius 2 is 1.70 bits per heavy atom. The van der Waals surface area contributed by atoms with E-state index in [0.717, 1.165) is 41.6 Å². The fourth-order valence-electron chi connectivity index (χ4n) is 4.55. The van der Waals surface area contributed by atoms with Crippen LogP contribution in [0.15, 0.2) is 71.5 Å². The Labute approximate surface area is 217 Å². The van der Waals surface area contributed by atoms with Crippen molar-refractivity contribution in [3.63, 3.8) is 0 Å². The van der Waals surface area contributed by atoms with Crippen molar-refractivity contribution in [1.82, 2.24) is 9.55 Å². The average molecular weight is 494 g/mol. The van der Waals surface area contributed by atoms with Crippen LogP contribution in [0.1, 0.15) is 48.0 Å². The summed E-state index contributed by atoms with van der Waals surface area (Å²) in [7, 11) is 3.16. The molecule has 0 saturated heterocycles. The van der Waals surface area contributed by atoms with Crippen LogP contribution in [0.4, 0.5) is 0 Å². The Morgan fingerprint density at radius 3 is 2.38 bits per heavy atom. The summed E-state index contributed by atoms with van der Waals surface area (Å²) in [4.78, 5) is 18.8. The highest BCUT2D eigenvalue weighted by atomic mass is 16.5. The highest BCUT2D eigenvalue weighted by Gasteiger charge is 2.18. The van der Waals surface area contributed by atoms with E-state index in [1.54, 1.807) is 30.9 Å². The molecule has 1 aromatic heterocycles. The summed E-state index contributed by atoms with van der Waals surface area (Å²) in [6.45, 7) is 3.99. The number of aryl methyl sites for hydroxylation is 2. The van der Waals surface area contributed by atoms with Crippen molar-refractivity contribution in [2.24, 2.45) is 0 Å². The lowest BCUT2D eigenvalue weighted by Crippen LogP contribution is -2.28. The second-order valence-electron chi connectivity index (χ2n) is 8.90. The molecule has 6 heteroatoms. The molecular formula is C31H31N3O3. The summed E-state index contributed by atoms with van der Waals surface area (Å²) < 4.78 is 12.5.